The molecule has 0 aliphatic heterocycles. The Bertz CT molecular complexity index is 1110. The Labute approximate surface area is 169 Å². The van der Waals surface area contributed by atoms with E-state index in [9.17, 15) is 18.9 Å². The van der Waals surface area contributed by atoms with Crippen LogP contribution in [0.2, 0.25) is 0 Å². The van der Waals surface area contributed by atoms with Gasteiger partial charge in [-0.25, -0.2) is 8.78 Å². The zero-order valence-corrected chi connectivity index (χ0v) is 16.5. The molecule has 9 nitrogen and oxygen atoms in total. The van der Waals surface area contributed by atoms with Crippen molar-refractivity contribution in [3.8, 4) is 22.9 Å². The number of halogens is 2. The van der Waals surface area contributed by atoms with Crippen LogP contribution in [0.5, 0.6) is 11.5 Å². The summed E-state index contributed by atoms with van der Waals surface area (Å²) in [6, 6.07) is 1.18. The summed E-state index contributed by atoms with van der Waals surface area (Å²) in [6.07, 6.45) is 2.51. The van der Waals surface area contributed by atoms with Crippen LogP contribution in [-0.2, 0) is 19.9 Å². The number of hydrogen-bond acceptors (Lipinski definition) is 6. The lowest BCUT2D eigenvalue weighted by atomic mass is 9.81. The molecule has 158 valence electrons. The topological polar surface area (TPSA) is 108 Å². The fraction of sp³-hybridized carbons (Fsp3) is 0.368. The molecule has 1 unspecified atom stereocenters. The molecular weight excluding hydrogens is 400 g/mol. The molecule has 2 aromatic heterocycles. The van der Waals surface area contributed by atoms with Gasteiger partial charge in [-0.15, -0.1) is 0 Å². The van der Waals surface area contributed by atoms with Crippen molar-refractivity contribution in [2.45, 2.75) is 25.2 Å². The zero-order valence-electron chi connectivity index (χ0n) is 16.5. The molecule has 1 aliphatic rings. The number of aromatic nitrogens is 4. The summed E-state index contributed by atoms with van der Waals surface area (Å²) in [5.41, 5.74) is 2.08. The second-order valence-corrected chi connectivity index (χ2v) is 7.08. The number of benzene rings is 1. The second kappa shape index (κ2) is 7.39. The maximum absolute atomic E-state index is 14.9. The van der Waals surface area contributed by atoms with Gasteiger partial charge < -0.3 is 24.2 Å². The second-order valence-electron chi connectivity index (χ2n) is 7.08. The van der Waals surface area contributed by atoms with Gasteiger partial charge in [-0.3, -0.25) is 5.10 Å². The first kappa shape index (κ1) is 19.8. The number of ether oxygens (including phenoxy) is 2. The molecule has 1 aliphatic carbocycles. The van der Waals surface area contributed by atoms with Crippen molar-refractivity contribution in [1.82, 2.24) is 19.7 Å². The van der Waals surface area contributed by atoms with Crippen LogP contribution in [0.25, 0.3) is 11.4 Å². The Morgan fingerprint density at radius 2 is 1.93 bits per heavy atom. The first-order valence-electron chi connectivity index (χ1n) is 9.19. The van der Waals surface area contributed by atoms with Crippen LogP contribution in [0.15, 0.2) is 12.4 Å². The molecule has 4 rings (SSSR count). The van der Waals surface area contributed by atoms with Crippen LogP contribution in [-0.4, -0.2) is 38.9 Å². The van der Waals surface area contributed by atoms with E-state index < -0.39 is 22.5 Å². The van der Waals surface area contributed by atoms with E-state index in [4.69, 9.17) is 9.47 Å². The largest absolute Gasteiger partial charge is 0.494 e. The molecule has 0 bridgehead atoms. The fourth-order valence-corrected chi connectivity index (χ4v) is 4.04. The molecule has 0 saturated carbocycles. The third-order valence-corrected chi connectivity index (χ3v) is 5.48. The van der Waals surface area contributed by atoms with Gasteiger partial charge in [0.15, 0.2) is 28.8 Å². The summed E-state index contributed by atoms with van der Waals surface area (Å²) in [5.74, 6) is -2.47. The highest BCUT2D eigenvalue weighted by Crippen LogP contribution is 2.42. The molecule has 3 aromatic rings. The highest BCUT2D eigenvalue weighted by molar-refractivity contribution is 5.68. The van der Waals surface area contributed by atoms with Gasteiger partial charge in [0, 0.05) is 29.9 Å². The Hall–Kier alpha value is -3.50. The SMILES string of the molecule is COc1cc(OC)c(F)c(C2CCc3c(-c4c([N+](=O)[O-])ncn4C)n[nH]c3C2)c1F. The van der Waals surface area contributed by atoms with Gasteiger partial charge in [0.2, 0.25) is 6.33 Å². The average molecular weight is 419 g/mol. The molecule has 30 heavy (non-hydrogen) atoms. The van der Waals surface area contributed by atoms with Gasteiger partial charge in [-0.2, -0.15) is 5.10 Å². The third kappa shape index (κ3) is 2.97. The fourth-order valence-electron chi connectivity index (χ4n) is 4.04. The van der Waals surface area contributed by atoms with Gasteiger partial charge >= 0.3 is 5.82 Å². The van der Waals surface area contributed by atoms with Crippen LogP contribution in [0, 0.1) is 21.7 Å². The Kier molecular flexibility index (Phi) is 4.88. The first-order chi connectivity index (χ1) is 14.4. The minimum Gasteiger partial charge on any atom is -0.494 e. The van der Waals surface area contributed by atoms with Crippen molar-refractivity contribution in [3.05, 3.63) is 51.0 Å². The first-order valence-corrected chi connectivity index (χ1v) is 9.19. The minimum atomic E-state index is -0.758. The van der Waals surface area contributed by atoms with Gasteiger partial charge in [-0.1, -0.05) is 0 Å². The van der Waals surface area contributed by atoms with Crippen molar-refractivity contribution < 1.29 is 23.2 Å². The molecule has 0 fully saturated rings. The van der Waals surface area contributed by atoms with Crippen molar-refractivity contribution >= 4 is 5.82 Å². The molecule has 1 atom stereocenters. The Morgan fingerprint density at radius 3 is 2.53 bits per heavy atom. The van der Waals surface area contributed by atoms with Gasteiger partial charge in [0.05, 0.1) is 14.2 Å². The number of rotatable bonds is 5. The molecule has 0 radical (unpaired) electrons. The third-order valence-electron chi connectivity index (χ3n) is 5.48. The van der Waals surface area contributed by atoms with Crippen molar-refractivity contribution in [3.63, 3.8) is 0 Å². The van der Waals surface area contributed by atoms with E-state index >= 15 is 0 Å². The normalized spacial score (nSPS) is 15.7. The maximum Gasteiger partial charge on any atom is 0.391 e. The highest BCUT2D eigenvalue weighted by Gasteiger charge is 2.34. The molecule has 11 heteroatoms. The standard InChI is InChI=1S/C19H19F2N5O4/c1-25-8-22-19(26(27)28)18(25)17-10-5-4-9(6-11(10)23-24-17)14-15(20)12(29-2)7-13(30-3)16(14)21/h7-9H,4-6H2,1-3H3,(H,23,24). The summed E-state index contributed by atoms with van der Waals surface area (Å²) in [7, 11) is 4.26. The smallest absolute Gasteiger partial charge is 0.391 e. The quantitative estimate of drug-likeness (QED) is 0.502. The summed E-state index contributed by atoms with van der Waals surface area (Å²) in [4.78, 5) is 14.6. The van der Waals surface area contributed by atoms with E-state index in [0.29, 0.717) is 24.2 Å². The summed E-state index contributed by atoms with van der Waals surface area (Å²) < 4.78 is 41.4. The number of fused-ring (bicyclic) bond motifs is 1. The van der Waals surface area contributed by atoms with Gasteiger partial charge in [-0.05, 0) is 35.1 Å². The highest BCUT2D eigenvalue weighted by atomic mass is 19.1. The van der Waals surface area contributed by atoms with Gasteiger partial charge in [0.25, 0.3) is 0 Å². The number of methoxy groups -OCH3 is 2. The number of nitrogens with one attached hydrogen (secondary N) is 1. The lowest BCUT2D eigenvalue weighted by Gasteiger charge is -2.24. The number of nitro groups is 1. The Morgan fingerprint density at radius 1 is 1.27 bits per heavy atom. The van der Waals surface area contributed by atoms with Crippen LogP contribution >= 0.6 is 0 Å². The van der Waals surface area contributed by atoms with Crippen LogP contribution < -0.4 is 9.47 Å². The zero-order chi connectivity index (χ0) is 21.6. The molecule has 1 N–H and O–H groups in total. The van der Waals surface area contributed by atoms with Crippen LogP contribution in [0.3, 0.4) is 0 Å². The number of hydrogen-bond donors (Lipinski definition) is 1. The van der Waals surface area contributed by atoms with Crippen molar-refractivity contribution in [2.75, 3.05) is 14.2 Å². The molecule has 1 aromatic carbocycles. The van der Waals surface area contributed by atoms with E-state index in [1.807, 2.05) is 0 Å². The predicted octanol–water partition coefficient (Wildman–Crippen LogP) is 3.29. The molecular formula is C19H19F2N5O4. The molecule has 2 heterocycles. The lowest BCUT2D eigenvalue weighted by molar-refractivity contribution is -0.388. The van der Waals surface area contributed by atoms with Crippen molar-refractivity contribution in [2.24, 2.45) is 7.05 Å². The van der Waals surface area contributed by atoms with E-state index in [1.54, 1.807) is 7.05 Å². The van der Waals surface area contributed by atoms with E-state index in [1.165, 1.54) is 31.2 Å². The van der Waals surface area contributed by atoms with E-state index in [-0.39, 0.29) is 35.0 Å². The van der Waals surface area contributed by atoms with E-state index in [2.05, 4.69) is 15.2 Å². The van der Waals surface area contributed by atoms with E-state index in [0.717, 1.165) is 5.56 Å². The Balaban J connectivity index is 1.74. The monoisotopic (exact) mass is 419 g/mol. The lowest BCUT2D eigenvalue weighted by Crippen LogP contribution is -2.16. The maximum atomic E-state index is 14.9. The van der Waals surface area contributed by atoms with Gasteiger partial charge in [0.1, 0.15) is 5.69 Å². The van der Waals surface area contributed by atoms with Crippen LogP contribution in [0.1, 0.15) is 29.2 Å². The molecule has 0 saturated heterocycles. The molecule has 0 amide bonds. The number of H-pyrrole nitrogens is 1. The number of aryl methyl sites for hydroxylation is 1. The van der Waals surface area contributed by atoms with Crippen LogP contribution in [0.4, 0.5) is 14.6 Å². The number of imidazole rings is 1. The predicted molar refractivity (Wildman–Crippen MR) is 102 cm³/mol. The summed E-state index contributed by atoms with van der Waals surface area (Å²) in [6.45, 7) is 0. The average Bonchev–Trinajstić information content (AvgIpc) is 3.31. The minimum absolute atomic E-state index is 0.0927. The molecule has 0 spiro atoms. The summed E-state index contributed by atoms with van der Waals surface area (Å²) >= 11 is 0. The summed E-state index contributed by atoms with van der Waals surface area (Å²) in [5, 5.41) is 18.5. The number of nitrogens with zero attached hydrogens (tertiary/aromatic N) is 4. The number of aromatic amines is 1. The van der Waals surface area contributed by atoms with Crippen molar-refractivity contribution in [1.29, 1.82) is 0 Å².